The molecule has 2 rings (SSSR count). The van der Waals surface area contributed by atoms with E-state index in [4.69, 9.17) is 0 Å². The molecule has 24 heavy (non-hydrogen) atoms. The SMILES string of the molecule is COC(=O)CCN(CC(C)O)C(=O)c1ccc(-n2cccc2)cc1. The Morgan fingerprint density at radius 1 is 1.21 bits per heavy atom. The second-order valence-electron chi connectivity index (χ2n) is 5.56. The summed E-state index contributed by atoms with van der Waals surface area (Å²) < 4.78 is 6.55. The zero-order valence-corrected chi connectivity index (χ0v) is 13.9. The Labute approximate surface area is 141 Å². The predicted octanol–water partition coefficient (Wildman–Crippen LogP) is 1.86. The maximum absolute atomic E-state index is 12.6. The number of esters is 1. The molecule has 6 nitrogen and oxygen atoms in total. The Balaban J connectivity index is 2.11. The van der Waals surface area contributed by atoms with Crippen LogP contribution >= 0.6 is 0 Å². The predicted molar refractivity (Wildman–Crippen MR) is 90.0 cm³/mol. The lowest BCUT2D eigenvalue weighted by Gasteiger charge is -2.24. The number of aliphatic hydroxyl groups excluding tert-OH is 1. The van der Waals surface area contributed by atoms with Crippen molar-refractivity contribution in [3.05, 3.63) is 54.4 Å². The highest BCUT2D eigenvalue weighted by Gasteiger charge is 2.18. The molecule has 0 aliphatic carbocycles. The average Bonchev–Trinajstić information content (AvgIpc) is 3.12. The van der Waals surface area contributed by atoms with Gasteiger partial charge in [0.1, 0.15) is 0 Å². The molecule has 0 radical (unpaired) electrons. The molecule has 2 aromatic rings. The fraction of sp³-hybridized carbons (Fsp3) is 0.333. The van der Waals surface area contributed by atoms with Crippen LogP contribution < -0.4 is 0 Å². The third-order valence-electron chi connectivity index (χ3n) is 3.60. The number of benzene rings is 1. The van der Waals surface area contributed by atoms with Crippen LogP contribution in [0.25, 0.3) is 5.69 Å². The van der Waals surface area contributed by atoms with Crippen molar-refractivity contribution in [2.75, 3.05) is 20.2 Å². The van der Waals surface area contributed by atoms with E-state index < -0.39 is 6.10 Å². The van der Waals surface area contributed by atoms with Gasteiger partial charge < -0.3 is 19.3 Å². The van der Waals surface area contributed by atoms with Crippen LogP contribution in [0.1, 0.15) is 23.7 Å². The van der Waals surface area contributed by atoms with Gasteiger partial charge in [0.25, 0.3) is 5.91 Å². The average molecular weight is 330 g/mol. The molecular formula is C18H22N2O4. The molecule has 0 spiro atoms. The summed E-state index contributed by atoms with van der Waals surface area (Å²) in [7, 11) is 1.31. The Kier molecular flexibility index (Phi) is 6.14. The second-order valence-corrected chi connectivity index (χ2v) is 5.56. The second kappa shape index (κ2) is 8.31. The van der Waals surface area contributed by atoms with E-state index in [0.29, 0.717) is 5.56 Å². The molecule has 0 aliphatic rings. The first kappa shape index (κ1) is 17.7. The van der Waals surface area contributed by atoms with Crippen molar-refractivity contribution in [3.63, 3.8) is 0 Å². The third kappa shape index (κ3) is 4.70. The first-order valence-electron chi connectivity index (χ1n) is 7.79. The fourth-order valence-electron chi connectivity index (χ4n) is 2.39. The number of carbonyl (C=O) groups is 2. The van der Waals surface area contributed by atoms with Gasteiger partial charge in [-0.2, -0.15) is 0 Å². The van der Waals surface area contributed by atoms with Crippen molar-refractivity contribution in [2.45, 2.75) is 19.4 Å². The molecule has 6 heteroatoms. The van der Waals surface area contributed by atoms with Gasteiger partial charge in [0, 0.05) is 36.7 Å². The first-order chi connectivity index (χ1) is 11.5. The van der Waals surface area contributed by atoms with Crippen LogP contribution in [0.15, 0.2) is 48.8 Å². The zero-order chi connectivity index (χ0) is 17.5. The van der Waals surface area contributed by atoms with E-state index in [9.17, 15) is 14.7 Å². The van der Waals surface area contributed by atoms with E-state index >= 15 is 0 Å². The number of rotatable bonds is 7. The Morgan fingerprint density at radius 2 is 1.83 bits per heavy atom. The number of aliphatic hydroxyl groups is 1. The van der Waals surface area contributed by atoms with Gasteiger partial charge in [-0.05, 0) is 43.3 Å². The number of hydrogen-bond donors (Lipinski definition) is 1. The van der Waals surface area contributed by atoms with Crippen LogP contribution in [0.4, 0.5) is 0 Å². The molecule has 128 valence electrons. The van der Waals surface area contributed by atoms with E-state index in [-0.39, 0.29) is 31.4 Å². The lowest BCUT2D eigenvalue weighted by atomic mass is 10.1. The topological polar surface area (TPSA) is 71.8 Å². The van der Waals surface area contributed by atoms with Crippen molar-refractivity contribution in [2.24, 2.45) is 0 Å². The molecule has 0 aliphatic heterocycles. The van der Waals surface area contributed by atoms with Gasteiger partial charge in [-0.15, -0.1) is 0 Å². The summed E-state index contributed by atoms with van der Waals surface area (Å²) in [4.78, 5) is 25.4. The van der Waals surface area contributed by atoms with Crippen molar-refractivity contribution < 1.29 is 19.4 Å². The highest BCUT2D eigenvalue weighted by molar-refractivity contribution is 5.94. The molecule has 0 bridgehead atoms. The number of aromatic nitrogens is 1. The monoisotopic (exact) mass is 330 g/mol. The van der Waals surface area contributed by atoms with Gasteiger partial charge in [0.2, 0.25) is 0 Å². The number of carbonyl (C=O) groups excluding carboxylic acids is 2. The quantitative estimate of drug-likeness (QED) is 0.787. The summed E-state index contributed by atoms with van der Waals surface area (Å²) in [6, 6.07) is 11.0. The van der Waals surface area contributed by atoms with E-state index in [1.54, 1.807) is 19.1 Å². The molecular weight excluding hydrogens is 308 g/mol. The molecule has 1 unspecified atom stereocenters. The Hall–Kier alpha value is -2.60. The summed E-state index contributed by atoms with van der Waals surface area (Å²) in [5, 5.41) is 9.60. The molecule has 1 heterocycles. The first-order valence-corrected chi connectivity index (χ1v) is 7.79. The maximum atomic E-state index is 12.6. The van der Waals surface area contributed by atoms with Crippen LogP contribution in [0.5, 0.6) is 0 Å². The molecule has 1 N–H and O–H groups in total. The van der Waals surface area contributed by atoms with Crippen molar-refractivity contribution >= 4 is 11.9 Å². The maximum Gasteiger partial charge on any atom is 0.307 e. The number of nitrogens with zero attached hydrogens (tertiary/aromatic N) is 2. The van der Waals surface area contributed by atoms with Crippen LogP contribution in [0.2, 0.25) is 0 Å². The van der Waals surface area contributed by atoms with Crippen molar-refractivity contribution in [1.29, 1.82) is 0 Å². The lowest BCUT2D eigenvalue weighted by molar-refractivity contribution is -0.140. The molecule has 1 aromatic carbocycles. The minimum atomic E-state index is -0.675. The van der Waals surface area contributed by atoms with E-state index in [2.05, 4.69) is 4.74 Å². The normalized spacial score (nSPS) is 11.8. The summed E-state index contributed by atoms with van der Waals surface area (Å²) in [5.41, 5.74) is 1.46. The Morgan fingerprint density at radius 3 is 2.38 bits per heavy atom. The fourth-order valence-corrected chi connectivity index (χ4v) is 2.39. The lowest BCUT2D eigenvalue weighted by Crippen LogP contribution is -2.38. The number of ether oxygens (including phenoxy) is 1. The summed E-state index contributed by atoms with van der Waals surface area (Å²) in [5.74, 6) is -0.611. The van der Waals surface area contributed by atoms with Gasteiger partial charge in [-0.25, -0.2) is 0 Å². The summed E-state index contributed by atoms with van der Waals surface area (Å²) in [6.45, 7) is 1.97. The summed E-state index contributed by atoms with van der Waals surface area (Å²) >= 11 is 0. The number of hydrogen-bond acceptors (Lipinski definition) is 4. The minimum Gasteiger partial charge on any atom is -0.469 e. The largest absolute Gasteiger partial charge is 0.469 e. The molecule has 0 saturated heterocycles. The zero-order valence-electron chi connectivity index (χ0n) is 13.9. The highest BCUT2D eigenvalue weighted by Crippen LogP contribution is 2.13. The Bertz CT molecular complexity index is 663. The van der Waals surface area contributed by atoms with Gasteiger partial charge in [0.15, 0.2) is 0 Å². The molecule has 0 fully saturated rings. The number of amides is 1. The molecule has 0 saturated carbocycles. The van der Waals surface area contributed by atoms with Gasteiger partial charge >= 0.3 is 5.97 Å². The smallest absolute Gasteiger partial charge is 0.307 e. The van der Waals surface area contributed by atoms with Gasteiger partial charge in [0.05, 0.1) is 19.6 Å². The highest BCUT2D eigenvalue weighted by atomic mass is 16.5. The van der Waals surface area contributed by atoms with Gasteiger partial charge in [-0.3, -0.25) is 9.59 Å². The summed E-state index contributed by atoms with van der Waals surface area (Å²) in [6.07, 6.45) is 3.27. The minimum absolute atomic E-state index is 0.0937. The molecule has 1 aromatic heterocycles. The number of methoxy groups -OCH3 is 1. The van der Waals surface area contributed by atoms with Gasteiger partial charge in [-0.1, -0.05) is 0 Å². The van der Waals surface area contributed by atoms with Crippen LogP contribution in [-0.4, -0.2) is 52.8 Å². The van der Waals surface area contributed by atoms with Crippen molar-refractivity contribution in [1.82, 2.24) is 9.47 Å². The van der Waals surface area contributed by atoms with E-state index in [1.807, 2.05) is 41.2 Å². The third-order valence-corrected chi connectivity index (χ3v) is 3.60. The van der Waals surface area contributed by atoms with Crippen LogP contribution in [0, 0.1) is 0 Å². The van der Waals surface area contributed by atoms with Crippen LogP contribution in [0.3, 0.4) is 0 Å². The molecule has 1 amide bonds. The van der Waals surface area contributed by atoms with Crippen LogP contribution in [-0.2, 0) is 9.53 Å². The van der Waals surface area contributed by atoms with Crippen molar-refractivity contribution in [3.8, 4) is 5.69 Å². The standard InChI is InChI=1S/C18H22N2O4/c1-14(21)13-20(12-9-17(22)24-2)18(23)15-5-7-16(8-6-15)19-10-3-4-11-19/h3-8,10-11,14,21H,9,12-13H2,1-2H3. The molecule has 1 atom stereocenters. The van der Waals surface area contributed by atoms with E-state index in [0.717, 1.165) is 5.69 Å². The van der Waals surface area contributed by atoms with E-state index in [1.165, 1.54) is 12.0 Å².